The van der Waals surface area contributed by atoms with E-state index in [9.17, 15) is 4.39 Å². The molecule has 0 bridgehead atoms. The summed E-state index contributed by atoms with van der Waals surface area (Å²) in [5.41, 5.74) is 0.960. The molecule has 1 aromatic rings. The highest BCUT2D eigenvalue weighted by Gasteiger charge is 2.05. The molecular formula is C12H18FNO. The molecule has 84 valence electrons. The number of hydrogen-bond acceptors (Lipinski definition) is 2. The zero-order chi connectivity index (χ0) is 11.3. The van der Waals surface area contributed by atoms with Crippen molar-refractivity contribution in [3.63, 3.8) is 0 Å². The predicted octanol–water partition coefficient (Wildman–Crippen LogP) is 2.37. The molecule has 0 spiro atoms. The van der Waals surface area contributed by atoms with Crippen LogP contribution in [0.25, 0.3) is 0 Å². The van der Waals surface area contributed by atoms with E-state index in [4.69, 9.17) is 4.74 Å². The topological polar surface area (TPSA) is 21.3 Å². The molecule has 1 N–H and O–H groups in total. The van der Waals surface area contributed by atoms with Gasteiger partial charge in [0.25, 0.3) is 0 Å². The fourth-order valence-electron chi connectivity index (χ4n) is 1.45. The normalized spacial score (nSPS) is 12.5. The van der Waals surface area contributed by atoms with Crippen molar-refractivity contribution in [1.82, 2.24) is 5.32 Å². The van der Waals surface area contributed by atoms with Crippen molar-refractivity contribution in [2.75, 3.05) is 13.6 Å². The van der Waals surface area contributed by atoms with E-state index < -0.39 is 0 Å². The van der Waals surface area contributed by atoms with E-state index in [1.54, 1.807) is 0 Å². The summed E-state index contributed by atoms with van der Waals surface area (Å²) in [6.45, 7) is 4.70. The Hall–Kier alpha value is -1.09. The van der Waals surface area contributed by atoms with Crippen LogP contribution >= 0.6 is 0 Å². The van der Waals surface area contributed by atoms with Gasteiger partial charge in [-0.3, -0.25) is 0 Å². The second-order valence-corrected chi connectivity index (χ2v) is 3.63. The van der Waals surface area contributed by atoms with E-state index in [1.807, 2.05) is 27.0 Å². The van der Waals surface area contributed by atoms with Gasteiger partial charge in [0.2, 0.25) is 0 Å². The van der Waals surface area contributed by atoms with Crippen molar-refractivity contribution in [3.8, 4) is 5.75 Å². The quantitative estimate of drug-likeness (QED) is 0.807. The Morgan fingerprint density at radius 3 is 2.73 bits per heavy atom. The maximum atomic E-state index is 13.2. The van der Waals surface area contributed by atoms with Gasteiger partial charge in [-0.1, -0.05) is 6.92 Å². The Bertz CT molecular complexity index is 314. The van der Waals surface area contributed by atoms with Crippen molar-refractivity contribution < 1.29 is 9.13 Å². The third-order valence-corrected chi connectivity index (χ3v) is 2.17. The third kappa shape index (κ3) is 3.88. The smallest absolute Gasteiger partial charge is 0.127 e. The number of hydrogen-bond donors (Lipinski definition) is 1. The Balaban J connectivity index is 2.71. The SMILES string of the molecule is CCc1cc(F)cc(O[C@@H](C)CNC)c1. The van der Waals surface area contributed by atoms with Gasteiger partial charge in [-0.05, 0) is 38.1 Å². The Morgan fingerprint density at radius 2 is 2.13 bits per heavy atom. The van der Waals surface area contributed by atoms with Gasteiger partial charge in [0.15, 0.2) is 0 Å². The minimum atomic E-state index is -0.235. The fraction of sp³-hybridized carbons (Fsp3) is 0.500. The van der Waals surface area contributed by atoms with Crippen LogP contribution in [0.5, 0.6) is 5.75 Å². The zero-order valence-electron chi connectivity index (χ0n) is 9.51. The van der Waals surface area contributed by atoms with Crippen molar-refractivity contribution in [2.45, 2.75) is 26.4 Å². The monoisotopic (exact) mass is 211 g/mol. The van der Waals surface area contributed by atoms with Crippen LogP contribution in [0, 0.1) is 5.82 Å². The molecule has 0 unspecified atom stereocenters. The van der Waals surface area contributed by atoms with E-state index in [0.29, 0.717) is 5.75 Å². The molecule has 0 aromatic heterocycles. The molecule has 0 amide bonds. The molecule has 1 rings (SSSR count). The molecule has 0 heterocycles. The number of nitrogens with one attached hydrogen (secondary N) is 1. The summed E-state index contributed by atoms with van der Waals surface area (Å²) in [6.07, 6.45) is 0.857. The number of rotatable bonds is 5. The summed E-state index contributed by atoms with van der Waals surface area (Å²) in [5.74, 6) is 0.371. The van der Waals surface area contributed by atoms with Crippen LogP contribution in [0.2, 0.25) is 0 Å². The van der Waals surface area contributed by atoms with Crippen LogP contribution in [0.3, 0.4) is 0 Å². The Labute approximate surface area is 90.4 Å². The largest absolute Gasteiger partial charge is 0.489 e. The first-order chi connectivity index (χ1) is 7.15. The van der Waals surface area contributed by atoms with Crippen molar-refractivity contribution in [3.05, 3.63) is 29.6 Å². The minimum Gasteiger partial charge on any atom is -0.489 e. The summed E-state index contributed by atoms with van der Waals surface area (Å²) in [6, 6.07) is 4.84. The molecule has 2 nitrogen and oxygen atoms in total. The minimum absolute atomic E-state index is 0.0431. The van der Waals surface area contributed by atoms with Gasteiger partial charge in [-0.15, -0.1) is 0 Å². The summed E-state index contributed by atoms with van der Waals surface area (Å²) in [4.78, 5) is 0. The van der Waals surface area contributed by atoms with E-state index in [0.717, 1.165) is 18.5 Å². The summed E-state index contributed by atoms with van der Waals surface area (Å²) >= 11 is 0. The van der Waals surface area contributed by atoms with Crippen LogP contribution in [-0.2, 0) is 6.42 Å². The Kier molecular flexibility index (Phi) is 4.56. The van der Waals surface area contributed by atoms with E-state index in [-0.39, 0.29) is 11.9 Å². The molecule has 3 heteroatoms. The first kappa shape index (κ1) is 12.0. The third-order valence-electron chi connectivity index (χ3n) is 2.17. The molecule has 0 aliphatic heterocycles. The highest BCUT2D eigenvalue weighted by atomic mass is 19.1. The summed E-state index contributed by atoms with van der Waals surface area (Å²) < 4.78 is 18.7. The second kappa shape index (κ2) is 5.71. The molecule has 1 aromatic carbocycles. The number of benzene rings is 1. The number of ether oxygens (including phenoxy) is 1. The van der Waals surface area contributed by atoms with Gasteiger partial charge in [0.1, 0.15) is 17.7 Å². The maximum Gasteiger partial charge on any atom is 0.127 e. The number of halogens is 1. The summed E-state index contributed by atoms with van der Waals surface area (Å²) in [7, 11) is 1.86. The van der Waals surface area contributed by atoms with Crippen LogP contribution in [0.15, 0.2) is 18.2 Å². The molecule has 15 heavy (non-hydrogen) atoms. The first-order valence-corrected chi connectivity index (χ1v) is 5.26. The number of likely N-dealkylation sites (N-methyl/N-ethyl adjacent to an activating group) is 1. The lowest BCUT2D eigenvalue weighted by molar-refractivity contribution is 0.219. The molecule has 0 saturated heterocycles. The summed E-state index contributed by atoms with van der Waals surface area (Å²) in [5, 5.41) is 3.01. The molecule has 0 saturated carbocycles. The van der Waals surface area contributed by atoms with Gasteiger partial charge in [0.05, 0.1) is 0 Å². The van der Waals surface area contributed by atoms with Crippen molar-refractivity contribution in [1.29, 1.82) is 0 Å². The molecule has 0 aliphatic carbocycles. The molecule has 0 fully saturated rings. The van der Waals surface area contributed by atoms with Crippen LogP contribution < -0.4 is 10.1 Å². The lowest BCUT2D eigenvalue weighted by atomic mass is 10.1. The van der Waals surface area contributed by atoms with E-state index in [2.05, 4.69) is 5.32 Å². The van der Waals surface area contributed by atoms with E-state index in [1.165, 1.54) is 12.1 Å². The van der Waals surface area contributed by atoms with Gasteiger partial charge >= 0.3 is 0 Å². The lowest BCUT2D eigenvalue weighted by Crippen LogP contribution is -2.26. The van der Waals surface area contributed by atoms with Crippen LogP contribution in [0.4, 0.5) is 4.39 Å². The average Bonchev–Trinajstić information content (AvgIpc) is 2.17. The van der Waals surface area contributed by atoms with Crippen molar-refractivity contribution in [2.24, 2.45) is 0 Å². The van der Waals surface area contributed by atoms with E-state index >= 15 is 0 Å². The highest BCUT2D eigenvalue weighted by Crippen LogP contribution is 2.17. The zero-order valence-corrected chi connectivity index (χ0v) is 9.51. The van der Waals surface area contributed by atoms with Gasteiger partial charge in [-0.2, -0.15) is 0 Å². The van der Waals surface area contributed by atoms with Gasteiger partial charge < -0.3 is 10.1 Å². The van der Waals surface area contributed by atoms with Crippen LogP contribution in [0.1, 0.15) is 19.4 Å². The average molecular weight is 211 g/mol. The van der Waals surface area contributed by atoms with Gasteiger partial charge in [-0.25, -0.2) is 4.39 Å². The van der Waals surface area contributed by atoms with Crippen molar-refractivity contribution >= 4 is 0 Å². The van der Waals surface area contributed by atoms with Gasteiger partial charge in [0, 0.05) is 12.6 Å². The second-order valence-electron chi connectivity index (χ2n) is 3.63. The molecule has 0 aliphatic rings. The highest BCUT2D eigenvalue weighted by molar-refractivity contribution is 5.29. The lowest BCUT2D eigenvalue weighted by Gasteiger charge is -2.14. The fourth-order valence-corrected chi connectivity index (χ4v) is 1.45. The molecular weight excluding hydrogens is 193 g/mol. The Morgan fingerprint density at radius 1 is 1.40 bits per heavy atom. The first-order valence-electron chi connectivity index (χ1n) is 5.26. The predicted molar refractivity (Wildman–Crippen MR) is 59.8 cm³/mol. The van der Waals surface area contributed by atoms with Crippen LogP contribution in [-0.4, -0.2) is 19.7 Å². The maximum absolute atomic E-state index is 13.2. The number of aryl methyl sites for hydroxylation is 1. The molecule has 1 atom stereocenters. The standard InChI is InChI=1S/C12H18FNO/c1-4-10-5-11(13)7-12(6-10)15-9(2)8-14-3/h5-7,9,14H,4,8H2,1-3H3/t9-/m0/s1. The molecule has 0 radical (unpaired) electrons.